The summed E-state index contributed by atoms with van der Waals surface area (Å²) in [5.41, 5.74) is 2.79. The second kappa shape index (κ2) is 7.07. The first-order valence-corrected chi connectivity index (χ1v) is 9.27. The maximum absolute atomic E-state index is 13.0. The standard InChI is InChI=1S/C21H22N4O3/c1-13(2)15-6-4-14(5-7-15)12-24-19-18(22-23-24)20(26)25(21(19)27)16-8-10-17(28-3)11-9-16/h4-11,13,18-19H,12H2,1-3H3/t18-,19-/m1/s1. The van der Waals surface area contributed by atoms with Crippen molar-refractivity contribution in [1.82, 2.24) is 5.01 Å². The van der Waals surface area contributed by atoms with E-state index in [4.69, 9.17) is 4.74 Å². The van der Waals surface area contributed by atoms with Crippen molar-refractivity contribution >= 4 is 17.5 Å². The van der Waals surface area contributed by atoms with Crippen LogP contribution in [0.2, 0.25) is 0 Å². The van der Waals surface area contributed by atoms with Crippen molar-refractivity contribution in [2.24, 2.45) is 10.3 Å². The molecule has 0 aliphatic carbocycles. The molecule has 4 rings (SSSR count). The van der Waals surface area contributed by atoms with Crippen LogP contribution >= 0.6 is 0 Å². The zero-order valence-corrected chi connectivity index (χ0v) is 16.1. The zero-order chi connectivity index (χ0) is 19.8. The molecule has 0 unspecified atom stereocenters. The van der Waals surface area contributed by atoms with Gasteiger partial charge in [-0.3, -0.25) is 14.6 Å². The van der Waals surface area contributed by atoms with E-state index in [1.54, 1.807) is 36.4 Å². The van der Waals surface area contributed by atoms with E-state index in [-0.39, 0.29) is 11.8 Å². The molecule has 2 amide bonds. The molecular weight excluding hydrogens is 356 g/mol. The van der Waals surface area contributed by atoms with E-state index in [9.17, 15) is 9.59 Å². The second-order valence-corrected chi connectivity index (χ2v) is 7.30. The highest BCUT2D eigenvalue weighted by Gasteiger charge is 2.54. The smallest absolute Gasteiger partial charge is 0.263 e. The minimum absolute atomic E-state index is 0.302. The van der Waals surface area contributed by atoms with Crippen molar-refractivity contribution in [3.63, 3.8) is 0 Å². The maximum atomic E-state index is 13.0. The highest BCUT2D eigenvalue weighted by molar-refractivity contribution is 6.25. The Labute approximate surface area is 163 Å². The Balaban J connectivity index is 1.54. The van der Waals surface area contributed by atoms with Gasteiger partial charge in [0.25, 0.3) is 11.8 Å². The molecule has 2 heterocycles. The van der Waals surface area contributed by atoms with Gasteiger partial charge in [0.1, 0.15) is 5.75 Å². The number of rotatable bonds is 5. The van der Waals surface area contributed by atoms with E-state index in [2.05, 4.69) is 36.3 Å². The Kier molecular flexibility index (Phi) is 4.58. The third kappa shape index (κ3) is 3.02. The third-order valence-corrected chi connectivity index (χ3v) is 5.18. The van der Waals surface area contributed by atoms with E-state index in [0.717, 1.165) is 5.56 Å². The molecule has 7 nitrogen and oxygen atoms in total. The zero-order valence-electron chi connectivity index (χ0n) is 16.1. The summed E-state index contributed by atoms with van der Waals surface area (Å²) in [5.74, 6) is 0.469. The van der Waals surface area contributed by atoms with Gasteiger partial charge in [-0.2, -0.15) is 5.11 Å². The number of imide groups is 1. The molecule has 0 spiro atoms. The van der Waals surface area contributed by atoms with Gasteiger partial charge >= 0.3 is 0 Å². The molecule has 1 saturated heterocycles. The van der Waals surface area contributed by atoms with Gasteiger partial charge in [0.2, 0.25) is 0 Å². The van der Waals surface area contributed by atoms with Crippen LogP contribution in [0, 0.1) is 0 Å². The van der Waals surface area contributed by atoms with Crippen LogP contribution in [0.5, 0.6) is 5.75 Å². The summed E-state index contributed by atoms with van der Waals surface area (Å²) in [6.45, 7) is 4.72. The summed E-state index contributed by atoms with van der Waals surface area (Å²) < 4.78 is 5.14. The van der Waals surface area contributed by atoms with Crippen LogP contribution in [-0.4, -0.2) is 36.0 Å². The number of amides is 2. The monoisotopic (exact) mass is 378 g/mol. The number of hydrogen-bond acceptors (Lipinski definition) is 6. The summed E-state index contributed by atoms with van der Waals surface area (Å²) in [6.07, 6.45) is 0. The van der Waals surface area contributed by atoms with E-state index >= 15 is 0 Å². The Morgan fingerprint density at radius 3 is 2.29 bits per heavy atom. The molecule has 2 aromatic rings. The Bertz CT molecular complexity index is 922. The minimum atomic E-state index is -0.787. The van der Waals surface area contributed by atoms with E-state index < -0.39 is 12.1 Å². The van der Waals surface area contributed by atoms with Crippen molar-refractivity contribution in [3.05, 3.63) is 59.7 Å². The summed E-state index contributed by atoms with van der Waals surface area (Å²) in [7, 11) is 1.57. The lowest BCUT2D eigenvalue weighted by molar-refractivity contribution is -0.123. The number of hydrogen-bond donors (Lipinski definition) is 0. The molecule has 144 valence electrons. The number of anilines is 1. The molecule has 2 aromatic carbocycles. The molecule has 0 bridgehead atoms. The van der Waals surface area contributed by atoms with Crippen LogP contribution in [0.25, 0.3) is 0 Å². The fourth-order valence-corrected chi connectivity index (χ4v) is 3.53. The van der Waals surface area contributed by atoms with E-state index in [0.29, 0.717) is 23.9 Å². The Hall–Kier alpha value is -3.22. The van der Waals surface area contributed by atoms with Gasteiger partial charge in [-0.15, -0.1) is 0 Å². The lowest BCUT2D eigenvalue weighted by atomic mass is 10.0. The molecule has 2 atom stereocenters. The van der Waals surface area contributed by atoms with Crippen molar-refractivity contribution in [2.75, 3.05) is 12.0 Å². The second-order valence-electron chi connectivity index (χ2n) is 7.30. The summed E-state index contributed by atoms with van der Waals surface area (Å²) in [4.78, 5) is 27.0. The predicted molar refractivity (Wildman–Crippen MR) is 104 cm³/mol. The van der Waals surface area contributed by atoms with Gasteiger partial charge < -0.3 is 4.74 Å². The number of methoxy groups -OCH3 is 1. The maximum Gasteiger partial charge on any atom is 0.263 e. The SMILES string of the molecule is COc1ccc(N2C(=O)[C@@H]3N=NN(Cc4ccc(C(C)C)cc4)[C@H]3C2=O)cc1. The largest absolute Gasteiger partial charge is 0.497 e. The van der Waals surface area contributed by atoms with E-state index in [1.165, 1.54) is 10.5 Å². The van der Waals surface area contributed by atoms with Crippen LogP contribution in [0.15, 0.2) is 58.9 Å². The number of carbonyl (C=O) groups is 2. The summed E-state index contributed by atoms with van der Waals surface area (Å²) in [6, 6.07) is 13.6. The van der Waals surface area contributed by atoms with Crippen molar-refractivity contribution in [1.29, 1.82) is 0 Å². The van der Waals surface area contributed by atoms with Gasteiger partial charge in [0.05, 0.1) is 19.3 Å². The van der Waals surface area contributed by atoms with Crippen LogP contribution in [0.3, 0.4) is 0 Å². The molecular formula is C21H22N4O3. The molecule has 2 aliphatic heterocycles. The molecule has 0 aromatic heterocycles. The lowest BCUT2D eigenvalue weighted by Gasteiger charge is -2.21. The average Bonchev–Trinajstić information content (AvgIpc) is 3.22. The average molecular weight is 378 g/mol. The molecule has 1 fully saturated rings. The van der Waals surface area contributed by atoms with Crippen LogP contribution in [-0.2, 0) is 16.1 Å². The highest BCUT2D eigenvalue weighted by Crippen LogP contribution is 2.33. The minimum Gasteiger partial charge on any atom is -0.497 e. The van der Waals surface area contributed by atoms with Crippen LogP contribution in [0.4, 0.5) is 5.69 Å². The third-order valence-electron chi connectivity index (χ3n) is 5.18. The van der Waals surface area contributed by atoms with Gasteiger partial charge in [-0.25, -0.2) is 4.90 Å². The quantitative estimate of drug-likeness (QED) is 0.748. The fraction of sp³-hybridized carbons (Fsp3) is 0.333. The predicted octanol–water partition coefficient (Wildman–Crippen LogP) is 3.31. The molecule has 0 N–H and O–H groups in total. The van der Waals surface area contributed by atoms with Gasteiger partial charge in [-0.1, -0.05) is 43.3 Å². The van der Waals surface area contributed by atoms with Crippen LogP contribution in [0.1, 0.15) is 30.9 Å². The molecule has 2 aliphatic rings. The number of ether oxygens (including phenoxy) is 1. The van der Waals surface area contributed by atoms with Gasteiger partial charge in [-0.05, 0) is 41.3 Å². The Morgan fingerprint density at radius 1 is 1.00 bits per heavy atom. The number of benzene rings is 2. The topological polar surface area (TPSA) is 74.6 Å². The molecule has 28 heavy (non-hydrogen) atoms. The number of fused-ring (bicyclic) bond motifs is 1. The van der Waals surface area contributed by atoms with Crippen molar-refractivity contribution in [2.45, 2.75) is 38.4 Å². The van der Waals surface area contributed by atoms with Gasteiger partial charge in [0.15, 0.2) is 12.1 Å². The Morgan fingerprint density at radius 2 is 1.68 bits per heavy atom. The molecule has 0 saturated carbocycles. The fourth-order valence-electron chi connectivity index (χ4n) is 3.53. The summed E-state index contributed by atoms with van der Waals surface area (Å²) in [5, 5.41) is 9.79. The molecule has 7 heteroatoms. The van der Waals surface area contributed by atoms with Crippen LogP contribution < -0.4 is 9.64 Å². The first-order chi connectivity index (χ1) is 13.5. The normalized spacial score (nSPS) is 21.0. The molecule has 0 radical (unpaired) electrons. The number of nitrogens with zero attached hydrogens (tertiary/aromatic N) is 4. The van der Waals surface area contributed by atoms with Gasteiger partial charge in [0, 0.05) is 0 Å². The van der Waals surface area contributed by atoms with Crippen molar-refractivity contribution < 1.29 is 14.3 Å². The summed E-state index contributed by atoms with van der Waals surface area (Å²) >= 11 is 0. The highest BCUT2D eigenvalue weighted by atomic mass is 16.5. The number of carbonyl (C=O) groups excluding carboxylic acids is 2. The van der Waals surface area contributed by atoms with Crippen molar-refractivity contribution in [3.8, 4) is 5.75 Å². The van der Waals surface area contributed by atoms with E-state index in [1.807, 2.05) is 12.1 Å². The lowest BCUT2D eigenvalue weighted by Crippen LogP contribution is -2.39. The first kappa shape index (κ1) is 18.2. The first-order valence-electron chi connectivity index (χ1n) is 9.27.